The van der Waals surface area contributed by atoms with E-state index in [4.69, 9.17) is 20.5 Å². The second kappa shape index (κ2) is 9.61. The Balaban J connectivity index is 2.60. The first kappa shape index (κ1) is 16.8. The van der Waals surface area contributed by atoms with Crippen molar-refractivity contribution in [3.63, 3.8) is 0 Å². The van der Waals surface area contributed by atoms with Gasteiger partial charge >= 0.3 is 0 Å². The number of amides is 1. The maximum atomic E-state index is 11.5. The third-order valence-electron chi connectivity index (χ3n) is 2.66. The van der Waals surface area contributed by atoms with Gasteiger partial charge in [0.05, 0.1) is 19.1 Å². The zero-order chi connectivity index (χ0) is 15.5. The van der Waals surface area contributed by atoms with Gasteiger partial charge in [-0.1, -0.05) is 6.07 Å². The summed E-state index contributed by atoms with van der Waals surface area (Å²) in [6.45, 7) is 3.17. The molecule has 1 aromatic carbocycles. The van der Waals surface area contributed by atoms with Crippen molar-refractivity contribution >= 4 is 5.91 Å². The van der Waals surface area contributed by atoms with Crippen molar-refractivity contribution in [1.82, 2.24) is 5.32 Å². The van der Waals surface area contributed by atoms with Gasteiger partial charge in [0.1, 0.15) is 0 Å². The molecule has 0 atom stereocenters. The van der Waals surface area contributed by atoms with Crippen molar-refractivity contribution in [2.24, 2.45) is 5.73 Å². The highest BCUT2D eigenvalue weighted by Crippen LogP contribution is 2.28. The average molecular weight is 291 g/mol. The van der Waals surface area contributed by atoms with Crippen LogP contribution >= 0.6 is 0 Å². The fourth-order valence-corrected chi connectivity index (χ4v) is 1.71. The number of nitrogens with two attached hydrogens (primary N) is 1. The molecule has 0 saturated heterocycles. The molecule has 0 bridgehead atoms. The van der Waals surface area contributed by atoms with E-state index >= 15 is 0 Å². The summed E-state index contributed by atoms with van der Waals surface area (Å²) in [4.78, 5) is 11.5. The lowest BCUT2D eigenvalue weighted by atomic mass is 10.1. The van der Waals surface area contributed by atoms with Crippen LogP contribution in [0.4, 0.5) is 0 Å². The van der Waals surface area contributed by atoms with E-state index in [0.29, 0.717) is 31.2 Å². The first-order chi connectivity index (χ1) is 10.2. The summed E-state index contributed by atoms with van der Waals surface area (Å²) in [6, 6.07) is 7.51. The highest BCUT2D eigenvalue weighted by atomic mass is 16.5. The lowest BCUT2D eigenvalue weighted by molar-refractivity contribution is -0.123. The molecule has 3 N–H and O–H groups in total. The average Bonchev–Trinajstić information content (AvgIpc) is 2.47. The fraction of sp³-hybridized carbons (Fsp3) is 0.467. The number of nitrogens with one attached hydrogen (secondary N) is 1. The van der Waals surface area contributed by atoms with Crippen molar-refractivity contribution in [3.8, 4) is 17.6 Å². The predicted molar refractivity (Wildman–Crippen MR) is 79.1 cm³/mol. The standard InChI is InChI=1S/C15H21N3O3/c1-2-20-14-10-12(6-8-17)4-5-13(14)21-11-15(19)18-9-3-7-16/h4-5,10H,2-3,6,8-9,11,17H2,1H3,(H,18,19). The number of ether oxygens (including phenoxy) is 2. The Morgan fingerprint density at radius 2 is 2.19 bits per heavy atom. The molecule has 6 nitrogen and oxygen atoms in total. The summed E-state index contributed by atoms with van der Waals surface area (Å²) in [7, 11) is 0. The number of hydrogen-bond acceptors (Lipinski definition) is 5. The molecule has 0 aliphatic rings. The molecule has 0 radical (unpaired) electrons. The zero-order valence-corrected chi connectivity index (χ0v) is 12.2. The van der Waals surface area contributed by atoms with Crippen LogP contribution in [0.15, 0.2) is 18.2 Å². The molecule has 0 aliphatic heterocycles. The van der Waals surface area contributed by atoms with Crippen LogP contribution in [0, 0.1) is 11.3 Å². The van der Waals surface area contributed by atoms with E-state index < -0.39 is 0 Å². The second-order valence-corrected chi connectivity index (χ2v) is 4.30. The van der Waals surface area contributed by atoms with Crippen LogP contribution in [0.3, 0.4) is 0 Å². The molecule has 1 aromatic rings. The quantitative estimate of drug-likeness (QED) is 0.661. The Morgan fingerprint density at radius 1 is 1.38 bits per heavy atom. The zero-order valence-electron chi connectivity index (χ0n) is 12.2. The van der Waals surface area contributed by atoms with Crippen molar-refractivity contribution in [2.75, 3.05) is 26.3 Å². The molecule has 0 saturated carbocycles. The van der Waals surface area contributed by atoms with Crippen molar-refractivity contribution < 1.29 is 14.3 Å². The van der Waals surface area contributed by atoms with E-state index in [-0.39, 0.29) is 18.9 Å². The first-order valence-corrected chi connectivity index (χ1v) is 6.93. The largest absolute Gasteiger partial charge is 0.490 e. The predicted octanol–water partition coefficient (Wildman–Crippen LogP) is 0.995. The van der Waals surface area contributed by atoms with Gasteiger partial charge in [-0.25, -0.2) is 0 Å². The van der Waals surface area contributed by atoms with Crippen molar-refractivity contribution in [1.29, 1.82) is 5.26 Å². The molecule has 0 unspecified atom stereocenters. The van der Waals surface area contributed by atoms with Gasteiger partial charge in [-0.3, -0.25) is 4.79 Å². The van der Waals surface area contributed by atoms with Crippen LogP contribution in [0.25, 0.3) is 0 Å². The minimum atomic E-state index is -0.265. The molecule has 0 fully saturated rings. The number of benzene rings is 1. The Labute approximate surface area is 124 Å². The summed E-state index contributed by atoms with van der Waals surface area (Å²) < 4.78 is 11.0. The van der Waals surface area contributed by atoms with E-state index in [1.54, 1.807) is 6.07 Å². The van der Waals surface area contributed by atoms with Crippen LogP contribution in [0.5, 0.6) is 11.5 Å². The number of nitriles is 1. The lowest BCUT2D eigenvalue weighted by Crippen LogP contribution is -2.29. The molecule has 0 heterocycles. The van der Waals surface area contributed by atoms with Crippen LogP contribution in [0.2, 0.25) is 0 Å². The molecule has 0 aliphatic carbocycles. The van der Waals surface area contributed by atoms with E-state index in [9.17, 15) is 4.79 Å². The molecule has 114 valence electrons. The molecule has 6 heteroatoms. The number of carbonyl (C=O) groups excluding carboxylic acids is 1. The van der Waals surface area contributed by atoms with Gasteiger partial charge in [0, 0.05) is 6.54 Å². The van der Waals surface area contributed by atoms with E-state index in [1.807, 2.05) is 25.1 Å². The molecule has 0 spiro atoms. The molecule has 21 heavy (non-hydrogen) atoms. The van der Waals surface area contributed by atoms with Gasteiger partial charge in [0.15, 0.2) is 18.1 Å². The van der Waals surface area contributed by atoms with Gasteiger partial charge in [0.2, 0.25) is 0 Å². The molecular formula is C15H21N3O3. The summed E-state index contributed by atoms with van der Waals surface area (Å²) >= 11 is 0. The van der Waals surface area contributed by atoms with Crippen LogP contribution in [-0.2, 0) is 11.2 Å². The molecule has 1 rings (SSSR count). The number of carbonyl (C=O) groups is 1. The Hall–Kier alpha value is -2.26. The lowest BCUT2D eigenvalue weighted by Gasteiger charge is -2.13. The first-order valence-electron chi connectivity index (χ1n) is 6.93. The normalized spacial score (nSPS) is 9.76. The molecular weight excluding hydrogens is 270 g/mol. The smallest absolute Gasteiger partial charge is 0.257 e. The van der Waals surface area contributed by atoms with Crippen LogP contribution < -0.4 is 20.5 Å². The van der Waals surface area contributed by atoms with Crippen molar-refractivity contribution in [2.45, 2.75) is 19.8 Å². The highest BCUT2D eigenvalue weighted by Gasteiger charge is 2.09. The Kier molecular flexibility index (Phi) is 7.69. The Morgan fingerprint density at radius 3 is 2.86 bits per heavy atom. The fourth-order valence-electron chi connectivity index (χ4n) is 1.71. The van der Waals surface area contributed by atoms with Crippen molar-refractivity contribution in [3.05, 3.63) is 23.8 Å². The number of rotatable bonds is 9. The summed E-state index contributed by atoms with van der Waals surface area (Å²) in [6.07, 6.45) is 1.04. The molecule has 0 aromatic heterocycles. The third-order valence-corrected chi connectivity index (χ3v) is 2.66. The van der Waals surface area contributed by atoms with Gasteiger partial charge in [-0.05, 0) is 37.6 Å². The van der Waals surface area contributed by atoms with Gasteiger partial charge in [-0.15, -0.1) is 0 Å². The number of hydrogen-bond donors (Lipinski definition) is 2. The van der Waals surface area contributed by atoms with E-state index in [0.717, 1.165) is 12.0 Å². The maximum absolute atomic E-state index is 11.5. The minimum Gasteiger partial charge on any atom is -0.490 e. The topological polar surface area (TPSA) is 97.4 Å². The SMILES string of the molecule is CCOc1cc(CCN)ccc1OCC(=O)NCCC#N. The van der Waals surface area contributed by atoms with Crippen LogP contribution in [0.1, 0.15) is 18.9 Å². The second-order valence-electron chi connectivity index (χ2n) is 4.30. The molecule has 1 amide bonds. The highest BCUT2D eigenvalue weighted by molar-refractivity contribution is 5.77. The monoisotopic (exact) mass is 291 g/mol. The minimum absolute atomic E-state index is 0.109. The Bertz CT molecular complexity index is 497. The summed E-state index contributed by atoms with van der Waals surface area (Å²) in [5.74, 6) is 0.861. The summed E-state index contributed by atoms with van der Waals surface area (Å²) in [5, 5.41) is 11.0. The van der Waals surface area contributed by atoms with Gasteiger partial charge in [-0.2, -0.15) is 5.26 Å². The summed E-state index contributed by atoms with van der Waals surface area (Å²) in [5.41, 5.74) is 6.59. The van der Waals surface area contributed by atoms with Crippen LogP contribution in [-0.4, -0.2) is 32.2 Å². The van der Waals surface area contributed by atoms with E-state index in [1.165, 1.54) is 0 Å². The maximum Gasteiger partial charge on any atom is 0.257 e. The van der Waals surface area contributed by atoms with E-state index in [2.05, 4.69) is 5.32 Å². The van der Waals surface area contributed by atoms with Gasteiger partial charge < -0.3 is 20.5 Å². The third kappa shape index (κ3) is 6.15. The number of nitrogens with zero attached hydrogens (tertiary/aromatic N) is 1. The van der Waals surface area contributed by atoms with Gasteiger partial charge in [0.25, 0.3) is 5.91 Å².